The van der Waals surface area contributed by atoms with E-state index < -0.39 is 17.0 Å². The lowest BCUT2D eigenvalue weighted by atomic mass is 9.72. The van der Waals surface area contributed by atoms with Gasteiger partial charge in [0.1, 0.15) is 12.4 Å². The summed E-state index contributed by atoms with van der Waals surface area (Å²) in [6.45, 7) is 6.01. The van der Waals surface area contributed by atoms with Gasteiger partial charge >= 0.3 is 0 Å². The molecular formula is C28H28F2N2O2. The van der Waals surface area contributed by atoms with Gasteiger partial charge in [-0.2, -0.15) is 0 Å². The van der Waals surface area contributed by atoms with Crippen LogP contribution in [0.1, 0.15) is 24.0 Å². The highest BCUT2D eigenvalue weighted by molar-refractivity contribution is 5.88. The Morgan fingerprint density at radius 2 is 1.59 bits per heavy atom. The summed E-state index contributed by atoms with van der Waals surface area (Å²) in [5.41, 5.74) is 1.62. The summed E-state index contributed by atoms with van der Waals surface area (Å²) in [4.78, 5) is 15.6. The van der Waals surface area contributed by atoms with Crippen molar-refractivity contribution in [3.05, 3.63) is 114 Å². The van der Waals surface area contributed by atoms with Crippen molar-refractivity contribution in [2.75, 3.05) is 19.7 Å². The molecule has 0 aliphatic carbocycles. The van der Waals surface area contributed by atoms with Gasteiger partial charge in [0, 0.05) is 25.3 Å². The van der Waals surface area contributed by atoms with Crippen LogP contribution in [0.15, 0.2) is 91.1 Å². The van der Waals surface area contributed by atoms with E-state index in [1.807, 2.05) is 60.7 Å². The minimum Gasteiger partial charge on any atom is -0.487 e. The first-order valence-electron chi connectivity index (χ1n) is 11.4. The fraction of sp³-hybridized carbons (Fsp3) is 0.250. The van der Waals surface area contributed by atoms with Crippen LogP contribution in [-0.2, 0) is 16.8 Å². The fourth-order valence-electron chi connectivity index (χ4n) is 4.38. The predicted molar refractivity (Wildman–Crippen MR) is 128 cm³/mol. The lowest BCUT2D eigenvalue weighted by Crippen LogP contribution is -2.51. The van der Waals surface area contributed by atoms with Gasteiger partial charge in [-0.3, -0.25) is 4.79 Å². The Labute approximate surface area is 198 Å². The second-order valence-corrected chi connectivity index (χ2v) is 8.53. The number of ether oxygens (including phenoxy) is 1. The second kappa shape index (κ2) is 10.5. The van der Waals surface area contributed by atoms with Crippen LogP contribution >= 0.6 is 0 Å². The molecule has 1 fully saturated rings. The molecule has 4 nitrogen and oxygen atoms in total. The third-order valence-electron chi connectivity index (χ3n) is 6.41. The highest BCUT2D eigenvalue weighted by atomic mass is 19.2. The predicted octanol–water partition coefficient (Wildman–Crippen LogP) is 5.21. The molecule has 0 radical (unpaired) electrons. The Balaban J connectivity index is 1.43. The molecule has 0 bridgehead atoms. The molecule has 0 unspecified atom stereocenters. The zero-order chi connectivity index (χ0) is 24.0. The number of nitrogens with one attached hydrogen (secondary N) is 1. The summed E-state index contributed by atoms with van der Waals surface area (Å²) in [6.07, 6.45) is 1.20. The normalized spacial score (nSPS) is 14.9. The summed E-state index contributed by atoms with van der Waals surface area (Å²) < 4.78 is 32.7. The number of carbonyl (C=O) groups excluding carboxylic acids is 1. The molecule has 1 N–H and O–H groups in total. The van der Waals surface area contributed by atoms with E-state index >= 15 is 0 Å². The lowest BCUT2D eigenvalue weighted by molar-refractivity contribution is -0.128. The summed E-state index contributed by atoms with van der Waals surface area (Å²) in [5.74, 6) is -1.15. The minimum atomic E-state index is -0.922. The van der Waals surface area contributed by atoms with Crippen molar-refractivity contribution in [1.82, 2.24) is 10.2 Å². The van der Waals surface area contributed by atoms with Crippen LogP contribution in [0, 0.1) is 11.6 Å². The van der Waals surface area contributed by atoms with Crippen molar-refractivity contribution in [2.24, 2.45) is 0 Å². The standard InChI is InChI=1S/C28H28F2N2O2/c1-21(20-34-24-10-6-3-7-11-24)32-16-14-28(15-17-32,23-8-4-2-5-9-23)27(33)31-19-22-12-13-25(29)26(30)18-22/h2-13,18H,1,14-17,19-20H2,(H,31,33). The van der Waals surface area contributed by atoms with E-state index in [1.54, 1.807) is 0 Å². The molecule has 6 heteroatoms. The average Bonchev–Trinajstić information content (AvgIpc) is 2.89. The van der Waals surface area contributed by atoms with Crippen molar-refractivity contribution < 1.29 is 18.3 Å². The van der Waals surface area contributed by atoms with Gasteiger partial charge in [-0.25, -0.2) is 8.78 Å². The van der Waals surface area contributed by atoms with E-state index in [-0.39, 0.29) is 12.5 Å². The van der Waals surface area contributed by atoms with Crippen LogP contribution in [0.25, 0.3) is 0 Å². The highest BCUT2D eigenvalue weighted by Gasteiger charge is 2.42. The van der Waals surface area contributed by atoms with Crippen LogP contribution < -0.4 is 10.1 Å². The molecule has 1 aliphatic heterocycles. The molecule has 34 heavy (non-hydrogen) atoms. The second-order valence-electron chi connectivity index (χ2n) is 8.53. The Morgan fingerprint density at radius 1 is 0.941 bits per heavy atom. The molecule has 3 aromatic carbocycles. The molecule has 1 heterocycles. The first kappa shape index (κ1) is 23.5. The first-order valence-corrected chi connectivity index (χ1v) is 11.4. The monoisotopic (exact) mass is 462 g/mol. The number of halogens is 2. The maximum atomic E-state index is 13.6. The molecule has 1 saturated heterocycles. The van der Waals surface area contributed by atoms with Crippen molar-refractivity contribution >= 4 is 5.91 Å². The van der Waals surface area contributed by atoms with Gasteiger partial charge in [-0.15, -0.1) is 0 Å². The summed E-state index contributed by atoms with van der Waals surface area (Å²) in [7, 11) is 0. The average molecular weight is 463 g/mol. The van der Waals surface area contributed by atoms with E-state index in [9.17, 15) is 13.6 Å². The molecule has 0 saturated carbocycles. The Bertz CT molecular complexity index is 1130. The lowest BCUT2D eigenvalue weighted by Gasteiger charge is -2.42. The molecule has 0 aromatic heterocycles. The van der Waals surface area contributed by atoms with Crippen LogP contribution in [0.2, 0.25) is 0 Å². The number of amides is 1. The van der Waals surface area contributed by atoms with Gasteiger partial charge in [-0.1, -0.05) is 61.2 Å². The molecule has 1 aliphatic rings. The van der Waals surface area contributed by atoms with E-state index in [0.717, 1.165) is 29.1 Å². The number of carbonyl (C=O) groups is 1. The third-order valence-corrected chi connectivity index (χ3v) is 6.41. The number of piperidine rings is 1. The van der Waals surface area contributed by atoms with Crippen LogP contribution in [-0.4, -0.2) is 30.5 Å². The van der Waals surface area contributed by atoms with E-state index in [1.165, 1.54) is 6.07 Å². The van der Waals surface area contributed by atoms with Gasteiger partial charge in [0.25, 0.3) is 0 Å². The minimum absolute atomic E-state index is 0.116. The van der Waals surface area contributed by atoms with Gasteiger partial charge in [0.2, 0.25) is 5.91 Å². The number of benzene rings is 3. The maximum absolute atomic E-state index is 13.6. The van der Waals surface area contributed by atoms with Crippen molar-refractivity contribution in [2.45, 2.75) is 24.8 Å². The molecule has 176 valence electrons. The number of hydrogen-bond acceptors (Lipinski definition) is 3. The zero-order valence-electron chi connectivity index (χ0n) is 19.0. The fourth-order valence-corrected chi connectivity index (χ4v) is 4.38. The Morgan fingerprint density at radius 3 is 2.24 bits per heavy atom. The van der Waals surface area contributed by atoms with Crippen molar-refractivity contribution in [3.8, 4) is 5.75 Å². The number of para-hydroxylation sites is 1. The summed E-state index contributed by atoms with van der Waals surface area (Å²) in [5, 5.41) is 2.95. The van der Waals surface area contributed by atoms with Crippen molar-refractivity contribution in [1.29, 1.82) is 0 Å². The largest absolute Gasteiger partial charge is 0.487 e. The quantitative estimate of drug-likeness (QED) is 0.500. The molecule has 0 spiro atoms. The van der Waals surface area contributed by atoms with Crippen LogP contribution in [0.5, 0.6) is 5.75 Å². The van der Waals surface area contributed by atoms with Crippen molar-refractivity contribution in [3.63, 3.8) is 0 Å². The number of rotatable bonds is 8. The van der Waals surface area contributed by atoms with Gasteiger partial charge in [0.05, 0.1) is 5.41 Å². The van der Waals surface area contributed by atoms with Gasteiger partial charge in [0.15, 0.2) is 11.6 Å². The highest BCUT2D eigenvalue weighted by Crippen LogP contribution is 2.37. The topological polar surface area (TPSA) is 41.6 Å². The number of likely N-dealkylation sites (tertiary alicyclic amines) is 1. The van der Waals surface area contributed by atoms with Crippen LogP contribution in [0.4, 0.5) is 8.78 Å². The Hall–Kier alpha value is -3.67. The molecule has 0 atom stereocenters. The van der Waals surface area contributed by atoms with E-state index in [0.29, 0.717) is 38.1 Å². The smallest absolute Gasteiger partial charge is 0.231 e. The summed E-state index contributed by atoms with van der Waals surface area (Å²) in [6, 6.07) is 23.0. The molecule has 3 aromatic rings. The third kappa shape index (κ3) is 5.28. The van der Waals surface area contributed by atoms with Gasteiger partial charge in [-0.05, 0) is 48.2 Å². The molecular weight excluding hydrogens is 434 g/mol. The zero-order valence-corrected chi connectivity index (χ0v) is 19.0. The number of nitrogens with zero attached hydrogens (tertiary/aromatic N) is 1. The molecule has 4 rings (SSSR count). The SMILES string of the molecule is C=C(COc1ccccc1)N1CCC(C(=O)NCc2ccc(F)c(F)c2)(c2ccccc2)CC1. The maximum Gasteiger partial charge on any atom is 0.231 e. The number of hydrogen-bond donors (Lipinski definition) is 1. The van der Waals surface area contributed by atoms with Gasteiger partial charge < -0.3 is 15.0 Å². The summed E-state index contributed by atoms with van der Waals surface area (Å²) >= 11 is 0. The van der Waals surface area contributed by atoms with E-state index in [2.05, 4.69) is 16.8 Å². The molecule has 1 amide bonds. The van der Waals surface area contributed by atoms with Crippen LogP contribution in [0.3, 0.4) is 0 Å². The van der Waals surface area contributed by atoms with E-state index in [4.69, 9.17) is 4.74 Å². The Kier molecular flexibility index (Phi) is 7.26. The first-order chi connectivity index (χ1) is 16.5.